The number of halogens is 1. The van der Waals surface area contributed by atoms with Gasteiger partial charge in [0.05, 0.1) is 0 Å². The van der Waals surface area contributed by atoms with Crippen LogP contribution < -0.4 is 15.5 Å². The molecule has 1 aromatic carbocycles. The molecule has 0 aliphatic rings. The second-order valence-corrected chi connectivity index (χ2v) is 3.94. The van der Waals surface area contributed by atoms with E-state index in [0.717, 1.165) is 5.46 Å². The number of rotatable bonds is 4. The zero-order valence-electron chi connectivity index (χ0n) is 9.71. The van der Waals surface area contributed by atoms with E-state index in [2.05, 4.69) is 5.32 Å². The van der Waals surface area contributed by atoms with Crippen LogP contribution in [0.15, 0.2) is 18.2 Å². The largest absolute Gasteiger partial charge is 0.481 e. The Hall–Kier alpha value is -1.52. The van der Waals surface area contributed by atoms with Crippen LogP contribution in [0.25, 0.3) is 0 Å². The van der Waals surface area contributed by atoms with Gasteiger partial charge in [-0.1, -0.05) is 11.5 Å². The minimum Gasteiger partial charge on any atom is -0.481 e. The summed E-state index contributed by atoms with van der Waals surface area (Å²) >= 11 is 0. The molecule has 1 N–H and O–H groups in total. The highest BCUT2D eigenvalue weighted by Gasteiger charge is 2.07. The molecule has 3 nitrogen and oxygen atoms in total. The van der Waals surface area contributed by atoms with Gasteiger partial charge in [0.2, 0.25) is 0 Å². The number of amides is 1. The van der Waals surface area contributed by atoms with Crippen molar-refractivity contribution in [2.24, 2.45) is 0 Å². The van der Waals surface area contributed by atoms with E-state index in [1.165, 1.54) is 12.1 Å². The number of benzene rings is 1. The van der Waals surface area contributed by atoms with Gasteiger partial charge in [-0.15, -0.1) is 0 Å². The van der Waals surface area contributed by atoms with Gasteiger partial charge in [0.15, 0.2) is 18.2 Å². The van der Waals surface area contributed by atoms with Crippen LogP contribution in [0.5, 0.6) is 5.75 Å². The first-order chi connectivity index (χ1) is 7.49. The van der Waals surface area contributed by atoms with Crippen LogP contribution in [0.2, 0.25) is 0 Å². The molecule has 0 spiro atoms. The molecule has 0 saturated carbocycles. The Morgan fingerprint density at radius 2 is 2.25 bits per heavy atom. The van der Waals surface area contributed by atoms with E-state index in [9.17, 15) is 9.18 Å². The van der Waals surface area contributed by atoms with Crippen molar-refractivity contribution in [1.29, 1.82) is 0 Å². The zero-order chi connectivity index (χ0) is 12.1. The van der Waals surface area contributed by atoms with Gasteiger partial charge in [0.25, 0.3) is 5.91 Å². The van der Waals surface area contributed by atoms with Crippen LogP contribution in [-0.2, 0) is 4.79 Å². The molecule has 1 amide bonds. The summed E-state index contributed by atoms with van der Waals surface area (Å²) in [5.74, 6) is -0.600. The van der Waals surface area contributed by atoms with Gasteiger partial charge in [0.1, 0.15) is 7.85 Å². The number of hydrogen-bond donors (Lipinski definition) is 1. The predicted octanol–water partition coefficient (Wildman–Crippen LogP) is -0.0125. The van der Waals surface area contributed by atoms with Crippen molar-refractivity contribution in [3.05, 3.63) is 24.0 Å². The lowest BCUT2D eigenvalue weighted by Gasteiger charge is -2.10. The van der Waals surface area contributed by atoms with Gasteiger partial charge in [-0.2, -0.15) is 0 Å². The Kier molecular flexibility index (Phi) is 4.34. The Labute approximate surface area is 95.4 Å². The van der Waals surface area contributed by atoms with E-state index < -0.39 is 5.82 Å². The van der Waals surface area contributed by atoms with E-state index in [1.54, 1.807) is 13.9 Å². The highest BCUT2D eigenvalue weighted by molar-refractivity contribution is 6.32. The molecule has 0 aromatic heterocycles. The van der Waals surface area contributed by atoms with Gasteiger partial charge >= 0.3 is 0 Å². The topological polar surface area (TPSA) is 38.3 Å². The molecule has 5 heteroatoms. The number of carbonyl (C=O) groups is 1. The molecule has 0 bridgehead atoms. The summed E-state index contributed by atoms with van der Waals surface area (Å²) in [6.45, 7) is 3.53. The van der Waals surface area contributed by atoms with Crippen molar-refractivity contribution in [3.63, 3.8) is 0 Å². The van der Waals surface area contributed by atoms with Gasteiger partial charge < -0.3 is 10.1 Å². The fraction of sp³-hybridized carbons (Fsp3) is 0.364. The predicted molar refractivity (Wildman–Crippen MR) is 63.4 cm³/mol. The molecular formula is C11H15BFNO2. The lowest BCUT2D eigenvalue weighted by atomic mass is 9.96. The van der Waals surface area contributed by atoms with Crippen LogP contribution in [0.4, 0.5) is 4.39 Å². The summed E-state index contributed by atoms with van der Waals surface area (Å²) in [5.41, 5.74) is 0.816. The fourth-order valence-electron chi connectivity index (χ4n) is 1.23. The van der Waals surface area contributed by atoms with Crippen LogP contribution >= 0.6 is 0 Å². The molecule has 0 aliphatic heterocycles. The van der Waals surface area contributed by atoms with E-state index in [0.29, 0.717) is 0 Å². The first-order valence-electron chi connectivity index (χ1n) is 5.17. The third-order valence-electron chi connectivity index (χ3n) is 1.90. The smallest absolute Gasteiger partial charge is 0.258 e. The van der Waals surface area contributed by atoms with Crippen molar-refractivity contribution in [1.82, 2.24) is 5.32 Å². The van der Waals surface area contributed by atoms with Crippen molar-refractivity contribution in [2.75, 3.05) is 6.61 Å². The zero-order valence-corrected chi connectivity index (χ0v) is 9.71. The van der Waals surface area contributed by atoms with Crippen LogP contribution in [-0.4, -0.2) is 26.4 Å². The second-order valence-electron chi connectivity index (χ2n) is 3.94. The van der Waals surface area contributed by atoms with Crippen LogP contribution in [0.1, 0.15) is 13.8 Å². The summed E-state index contributed by atoms with van der Waals surface area (Å²) in [7, 11) is 1.79. The maximum absolute atomic E-state index is 13.3. The normalized spacial score (nSPS) is 10.2. The van der Waals surface area contributed by atoms with Gasteiger partial charge in [-0.3, -0.25) is 4.79 Å². The van der Waals surface area contributed by atoms with Crippen LogP contribution in [0, 0.1) is 5.82 Å². The number of carbonyl (C=O) groups excluding carboxylic acids is 1. The standard InChI is InChI=1S/C11H15BFNO2/c1-7(2)14-11(15)6-16-10-4-3-8(12)5-9(10)13/h3-5,7H,6,12H2,1-2H3,(H,14,15). The molecule has 0 unspecified atom stereocenters. The summed E-state index contributed by atoms with van der Waals surface area (Å²) in [6, 6.07) is 4.68. The molecule has 0 heterocycles. The molecular weight excluding hydrogens is 208 g/mol. The SMILES string of the molecule is Bc1ccc(OCC(=O)NC(C)C)c(F)c1. The Morgan fingerprint density at radius 1 is 1.56 bits per heavy atom. The monoisotopic (exact) mass is 223 g/mol. The minimum atomic E-state index is -0.447. The maximum Gasteiger partial charge on any atom is 0.258 e. The van der Waals surface area contributed by atoms with Crippen molar-refractivity contribution < 1.29 is 13.9 Å². The lowest BCUT2D eigenvalue weighted by Crippen LogP contribution is -2.34. The third kappa shape index (κ3) is 3.92. The summed E-state index contributed by atoms with van der Waals surface area (Å²) < 4.78 is 18.4. The number of nitrogens with one attached hydrogen (secondary N) is 1. The molecule has 0 fully saturated rings. The summed E-state index contributed by atoms with van der Waals surface area (Å²) in [6.07, 6.45) is 0. The van der Waals surface area contributed by atoms with Gasteiger partial charge in [0, 0.05) is 6.04 Å². The van der Waals surface area contributed by atoms with Gasteiger partial charge in [-0.05, 0) is 26.0 Å². The lowest BCUT2D eigenvalue weighted by molar-refractivity contribution is -0.123. The maximum atomic E-state index is 13.3. The average Bonchev–Trinajstić information content (AvgIpc) is 2.15. The van der Waals surface area contributed by atoms with Crippen molar-refractivity contribution in [3.8, 4) is 5.75 Å². The summed E-state index contributed by atoms with van der Waals surface area (Å²) in [4.78, 5) is 11.2. The second kappa shape index (κ2) is 5.54. The van der Waals surface area contributed by atoms with Crippen molar-refractivity contribution >= 4 is 19.2 Å². The molecule has 0 atom stereocenters. The molecule has 1 aromatic rings. The number of ether oxygens (including phenoxy) is 1. The molecule has 0 aliphatic carbocycles. The molecule has 16 heavy (non-hydrogen) atoms. The van der Waals surface area contributed by atoms with E-state index >= 15 is 0 Å². The first-order valence-corrected chi connectivity index (χ1v) is 5.17. The van der Waals surface area contributed by atoms with Crippen LogP contribution in [0.3, 0.4) is 0 Å². The Bertz CT molecular complexity index is 382. The van der Waals surface area contributed by atoms with E-state index in [1.807, 2.05) is 13.8 Å². The minimum absolute atomic E-state index is 0.0546. The average molecular weight is 223 g/mol. The first kappa shape index (κ1) is 12.6. The van der Waals surface area contributed by atoms with Crippen molar-refractivity contribution in [2.45, 2.75) is 19.9 Å². The third-order valence-corrected chi connectivity index (χ3v) is 1.90. The van der Waals surface area contributed by atoms with E-state index in [-0.39, 0.29) is 24.3 Å². The fourth-order valence-corrected chi connectivity index (χ4v) is 1.23. The molecule has 0 radical (unpaired) electrons. The highest BCUT2D eigenvalue weighted by atomic mass is 19.1. The van der Waals surface area contributed by atoms with Gasteiger partial charge in [-0.25, -0.2) is 4.39 Å². The summed E-state index contributed by atoms with van der Waals surface area (Å²) in [5, 5.41) is 2.66. The molecule has 0 saturated heterocycles. The Balaban J connectivity index is 2.51. The molecule has 86 valence electrons. The quantitative estimate of drug-likeness (QED) is 0.729. The highest BCUT2D eigenvalue weighted by Crippen LogP contribution is 2.13. The number of hydrogen-bond acceptors (Lipinski definition) is 2. The molecule has 1 rings (SSSR count). The van der Waals surface area contributed by atoms with E-state index in [4.69, 9.17) is 4.74 Å². The Morgan fingerprint density at radius 3 is 2.81 bits per heavy atom.